The molecule has 0 atom stereocenters. The molecular weight excluding hydrogens is 358 g/mol. The molecule has 0 aliphatic carbocycles. The van der Waals surface area contributed by atoms with Crippen LogP contribution in [0, 0.1) is 0 Å². The molecule has 9 nitrogen and oxygen atoms in total. The van der Waals surface area contributed by atoms with Crippen LogP contribution >= 0.6 is 0 Å². The maximum atomic E-state index is 11.8. The van der Waals surface area contributed by atoms with Gasteiger partial charge in [-0.3, -0.25) is 4.79 Å². The van der Waals surface area contributed by atoms with Crippen molar-refractivity contribution >= 4 is 24.0 Å². The number of carbonyl (C=O) groups excluding carboxylic acids is 2. The van der Waals surface area contributed by atoms with E-state index in [1.807, 2.05) is 0 Å². The van der Waals surface area contributed by atoms with E-state index in [1.165, 1.54) is 6.07 Å². The minimum absolute atomic E-state index is 0.0470. The largest absolute Gasteiger partial charge is 0.478 e. The number of carbonyl (C=O) groups is 4. The lowest BCUT2D eigenvalue weighted by Crippen LogP contribution is -2.33. The Morgan fingerprint density at radius 1 is 1.00 bits per heavy atom. The number of carboxylic acids is 2. The summed E-state index contributed by atoms with van der Waals surface area (Å²) < 4.78 is 10.1. The second kappa shape index (κ2) is 9.56. The van der Waals surface area contributed by atoms with E-state index in [9.17, 15) is 19.2 Å². The fraction of sp³-hybridized carbons (Fsp3) is 0.444. The summed E-state index contributed by atoms with van der Waals surface area (Å²) in [6, 6.07) is 3.28. The first kappa shape index (κ1) is 21.9. The summed E-state index contributed by atoms with van der Waals surface area (Å²) in [6.45, 7) is 5.59. The zero-order valence-corrected chi connectivity index (χ0v) is 15.4. The van der Waals surface area contributed by atoms with Crippen molar-refractivity contribution < 1.29 is 38.9 Å². The van der Waals surface area contributed by atoms with Crippen molar-refractivity contribution in [2.75, 3.05) is 6.54 Å². The zero-order valence-electron chi connectivity index (χ0n) is 15.4. The molecule has 0 saturated heterocycles. The van der Waals surface area contributed by atoms with Crippen LogP contribution in [-0.2, 0) is 9.53 Å². The Bertz CT molecular complexity index is 721. The molecule has 0 aliphatic rings. The molecule has 3 N–H and O–H groups in total. The molecular formula is C18H23NO8. The maximum absolute atomic E-state index is 11.8. The Labute approximate surface area is 156 Å². The van der Waals surface area contributed by atoms with Crippen molar-refractivity contribution in [3.8, 4) is 5.75 Å². The average Bonchev–Trinajstić information content (AvgIpc) is 2.52. The molecule has 1 aromatic rings. The zero-order chi connectivity index (χ0) is 20.6. The van der Waals surface area contributed by atoms with Crippen molar-refractivity contribution in [1.29, 1.82) is 0 Å². The third kappa shape index (κ3) is 8.21. The van der Waals surface area contributed by atoms with Gasteiger partial charge in [0.25, 0.3) is 0 Å². The number of ether oxygens (including phenoxy) is 2. The van der Waals surface area contributed by atoms with Crippen LogP contribution < -0.4 is 10.1 Å². The van der Waals surface area contributed by atoms with Crippen molar-refractivity contribution in [2.24, 2.45) is 0 Å². The molecule has 0 spiro atoms. The number of amides is 1. The number of aromatic carboxylic acids is 2. The van der Waals surface area contributed by atoms with Gasteiger partial charge in [-0.25, -0.2) is 14.4 Å². The van der Waals surface area contributed by atoms with E-state index in [0.29, 0.717) is 19.4 Å². The summed E-state index contributed by atoms with van der Waals surface area (Å²) in [5.74, 6) is -3.46. The van der Waals surface area contributed by atoms with Gasteiger partial charge in [-0.15, -0.1) is 0 Å². The smallest absolute Gasteiger partial charge is 0.407 e. The molecule has 1 rings (SSSR count). The van der Waals surface area contributed by atoms with Crippen LogP contribution in [0.2, 0.25) is 0 Å². The van der Waals surface area contributed by atoms with E-state index in [1.54, 1.807) is 20.8 Å². The monoisotopic (exact) mass is 381 g/mol. The van der Waals surface area contributed by atoms with E-state index < -0.39 is 40.7 Å². The molecule has 27 heavy (non-hydrogen) atoms. The molecule has 0 saturated carbocycles. The van der Waals surface area contributed by atoms with Gasteiger partial charge in [0.1, 0.15) is 11.4 Å². The maximum Gasteiger partial charge on any atom is 0.407 e. The summed E-state index contributed by atoms with van der Waals surface area (Å²) in [5, 5.41) is 20.6. The van der Waals surface area contributed by atoms with Crippen LogP contribution in [0.5, 0.6) is 5.75 Å². The molecule has 1 amide bonds. The topological polar surface area (TPSA) is 139 Å². The first-order valence-electron chi connectivity index (χ1n) is 8.28. The first-order chi connectivity index (χ1) is 12.5. The lowest BCUT2D eigenvalue weighted by atomic mass is 10.1. The van der Waals surface area contributed by atoms with Crippen LogP contribution in [-0.4, -0.2) is 46.4 Å². The lowest BCUT2D eigenvalue weighted by Gasteiger charge is -2.19. The molecule has 0 aliphatic heterocycles. The Morgan fingerprint density at radius 2 is 1.63 bits per heavy atom. The third-order valence-corrected chi connectivity index (χ3v) is 3.16. The number of hydrogen-bond donors (Lipinski definition) is 3. The minimum atomic E-state index is -1.43. The van der Waals surface area contributed by atoms with Crippen LogP contribution in [0.25, 0.3) is 0 Å². The SMILES string of the molecule is CC(C)(C)OC(=O)NCCCCC(=O)Oc1ccc(C(=O)O)c(C(=O)O)c1. The van der Waals surface area contributed by atoms with Crippen LogP contribution in [0.3, 0.4) is 0 Å². The molecule has 0 radical (unpaired) electrons. The summed E-state index contributed by atoms with van der Waals surface area (Å²) in [6.07, 6.45) is 0.476. The standard InChI is InChI=1S/C18H23NO8/c1-18(2,3)27-17(25)19-9-5-4-6-14(20)26-11-7-8-12(15(21)22)13(10-11)16(23)24/h7-8,10H,4-6,9H2,1-3H3,(H,19,25)(H,21,22)(H,23,24). The van der Waals surface area contributed by atoms with Gasteiger partial charge in [-0.2, -0.15) is 0 Å². The van der Waals surface area contributed by atoms with Gasteiger partial charge in [-0.1, -0.05) is 0 Å². The molecule has 9 heteroatoms. The van der Waals surface area contributed by atoms with Gasteiger partial charge < -0.3 is 25.0 Å². The second-order valence-corrected chi connectivity index (χ2v) is 6.68. The van der Waals surface area contributed by atoms with E-state index in [4.69, 9.17) is 19.7 Å². The van der Waals surface area contributed by atoms with Crippen molar-refractivity contribution in [3.63, 3.8) is 0 Å². The second-order valence-electron chi connectivity index (χ2n) is 6.68. The van der Waals surface area contributed by atoms with Crippen molar-refractivity contribution in [1.82, 2.24) is 5.32 Å². The Kier molecular flexibility index (Phi) is 7.77. The number of hydrogen-bond acceptors (Lipinski definition) is 6. The van der Waals surface area contributed by atoms with E-state index >= 15 is 0 Å². The minimum Gasteiger partial charge on any atom is -0.478 e. The van der Waals surface area contributed by atoms with Crippen LogP contribution in [0.15, 0.2) is 18.2 Å². The average molecular weight is 381 g/mol. The Balaban J connectivity index is 2.43. The fourth-order valence-electron chi connectivity index (χ4n) is 2.03. The summed E-state index contributed by atoms with van der Waals surface area (Å²) in [4.78, 5) is 45.3. The van der Waals surface area contributed by atoms with Crippen LogP contribution in [0.1, 0.15) is 60.7 Å². The number of rotatable bonds is 8. The van der Waals surface area contributed by atoms with Gasteiger partial charge in [-0.05, 0) is 51.8 Å². The Morgan fingerprint density at radius 3 is 2.19 bits per heavy atom. The van der Waals surface area contributed by atoms with Crippen LogP contribution in [0.4, 0.5) is 4.79 Å². The molecule has 0 bridgehead atoms. The quantitative estimate of drug-likeness (QED) is 0.355. The number of unbranched alkanes of at least 4 members (excludes halogenated alkanes) is 1. The van der Waals surface area contributed by atoms with Gasteiger partial charge >= 0.3 is 24.0 Å². The predicted octanol–water partition coefficient (Wildman–Crippen LogP) is 2.68. The normalized spacial score (nSPS) is 10.8. The first-order valence-corrected chi connectivity index (χ1v) is 8.28. The number of esters is 1. The highest BCUT2D eigenvalue weighted by molar-refractivity contribution is 6.02. The molecule has 0 unspecified atom stereocenters. The molecule has 0 aromatic heterocycles. The Hall–Kier alpha value is -3.10. The van der Waals surface area contributed by atoms with E-state index in [-0.39, 0.29) is 12.2 Å². The molecule has 0 heterocycles. The molecule has 0 fully saturated rings. The van der Waals surface area contributed by atoms with Crippen molar-refractivity contribution in [2.45, 2.75) is 45.6 Å². The van der Waals surface area contributed by atoms with Gasteiger partial charge in [0.15, 0.2) is 0 Å². The van der Waals surface area contributed by atoms with E-state index in [0.717, 1.165) is 12.1 Å². The summed E-state index contributed by atoms with van der Waals surface area (Å²) >= 11 is 0. The highest BCUT2D eigenvalue weighted by Crippen LogP contribution is 2.19. The van der Waals surface area contributed by atoms with Gasteiger partial charge in [0.05, 0.1) is 11.1 Å². The number of benzene rings is 1. The van der Waals surface area contributed by atoms with E-state index in [2.05, 4.69) is 5.32 Å². The third-order valence-electron chi connectivity index (χ3n) is 3.16. The summed E-state index contributed by atoms with van der Waals surface area (Å²) in [5.41, 5.74) is -1.44. The van der Waals surface area contributed by atoms with Gasteiger partial charge in [0, 0.05) is 13.0 Å². The fourth-order valence-corrected chi connectivity index (χ4v) is 2.03. The van der Waals surface area contributed by atoms with Gasteiger partial charge in [0.2, 0.25) is 0 Å². The highest BCUT2D eigenvalue weighted by Gasteiger charge is 2.18. The number of alkyl carbamates (subject to hydrolysis) is 1. The van der Waals surface area contributed by atoms with Crippen molar-refractivity contribution in [3.05, 3.63) is 29.3 Å². The molecule has 1 aromatic carbocycles. The molecule has 148 valence electrons. The predicted molar refractivity (Wildman–Crippen MR) is 94.1 cm³/mol. The highest BCUT2D eigenvalue weighted by atomic mass is 16.6. The lowest BCUT2D eigenvalue weighted by molar-refractivity contribution is -0.134. The number of nitrogens with one attached hydrogen (secondary N) is 1. The number of carboxylic acid groups (broad SMARTS) is 2. The summed E-state index contributed by atoms with van der Waals surface area (Å²) in [7, 11) is 0.